The van der Waals surface area contributed by atoms with E-state index in [-0.39, 0.29) is 12.2 Å². The molecule has 0 atom stereocenters. The zero-order valence-electron chi connectivity index (χ0n) is 9.43. The molecule has 0 aliphatic heterocycles. The van der Waals surface area contributed by atoms with Gasteiger partial charge in [0.1, 0.15) is 11.6 Å². The molecule has 2 aromatic rings. The van der Waals surface area contributed by atoms with E-state index < -0.39 is 11.8 Å². The van der Waals surface area contributed by atoms with Crippen molar-refractivity contribution in [3.63, 3.8) is 0 Å². The summed E-state index contributed by atoms with van der Waals surface area (Å²) in [6, 6.07) is 7.70. The minimum Gasteiger partial charge on any atom is -0.481 e. The van der Waals surface area contributed by atoms with Crippen molar-refractivity contribution in [3.8, 4) is 11.1 Å². The fourth-order valence-electron chi connectivity index (χ4n) is 1.69. The summed E-state index contributed by atoms with van der Waals surface area (Å²) < 4.78 is 13.6. The van der Waals surface area contributed by atoms with Crippen LogP contribution in [0.1, 0.15) is 5.56 Å². The third-order valence-electron chi connectivity index (χ3n) is 2.49. The van der Waals surface area contributed by atoms with Gasteiger partial charge in [-0.15, -0.1) is 0 Å². The molecular weight excluding hydrogens is 235 g/mol. The zero-order chi connectivity index (χ0) is 13.1. The van der Waals surface area contributed by atoms with Crippen molar-refractivity contribution < 1.29 is 14.3 Å². The first-order valence-electron chi connectivity index (χ1n) is 5.29. The molecule has 0 unspecified atom stereocenters. The van der Waals surface area contributed by atoms with Crippen LogP contribution in [0, 0.1) is 5.82 Å². The van der Waals surface area contributed by atoms with E-state index in [1.807, 2.05) is 0 Å². The maximum Gasteiger partial charge on any atom is 0.307 e. The van der Waals surface area contributed by atoms with Crippen molar-refractivity contribution in [1.82, 2.24) is 4.98 Å². The van der Waals surface area contributed by atoms with Crippen LogP contribution in [0.25, 0.3) is 11.1 Å². The van der Waals surface area contributed by atoms with E-state index in [4.69, 9.17) is 10.8 Å². The number of hydrogen-bond donors (Lipinski definition) is 2. The van der Waals surface area contributed by atoms with Crippen LogP contribution in [0.2, 0.25) is 0 Å². The van der Waals surface area contributed by atoms with Gasteiger partial charge in [0.15, 0.2) is 0 Å². The Hall–Kier alpha value is -2.43. The molecule has 1 heterocycles. The summed E-state index contributed by atoms with van der Waals surface area (Å²) in [6.07, 6.45) is 1.21. The van der Waals surface area contributed by atoms with E-state index in [0.29, 0.717) is 16.7 Å². The first kappa shape index (κ1) is 12.0. The topological polar surface area (TPSA) is 76.2 Å². The van der Waals surface area contributed by atoms with E-state index >= 15 is 0 Å². The Bertz CT molecular complexity index is 599. The summed E-state index contributed by atoms with van der Waals surface area (Å²) in [5.74, 6) is -1.21. The standard InChI is InChI=1S/C13H11FN2O2/c14-11-4-2-1-3-9(11)10-5-8(6-12(17)18)7-16-13(10)15/h1-5,7H,6H2,(H2,15,16)(H,17,18). The molecule has 18 heavy (non-hydrogen) atoms. The molecule has 5 heteroatoms. The average molecular weight is 246 g/mol. The quantitative estimate of drug-likeness (QED) is 0.869. The molecule has 0 spiro atoms. The van der Waals surface area contributed by atoms with E-state index in [2.05, 4.69) is 4.98 Å². The molecule has 2 rings (SSSR count). The molecule has 0 saturated heterocycles. The maximum atomic E-state index is 13.6. The minimum atomic E-state index is -0.971. The predicted molar refractivity (Wildman–Crippen MR) is 65.4 cm³/mol. The van der Waals surface area contributed by atoms with Crippen LogP contribution in [0.3, 0.4) is 0 Å². The number of aliphatic carboxylic acids is 1. The highest BCUT2D eigenvalue weighted by atomic mass is 19.1. The Morgan fingerprint density at radius 3 is 2.72 bits per heavy atom. The second kappa shape index (κ2) is 4.83. The molecule has 0 aliphatic carbocycles. The summed E-state index contributed by atoms with van der Waals surface area (Å²) >= 11 is 0. The number of nitrogen functional groups attached to an aromatic ring is 1. The third-order valence-corrected chi connectivity index (χ3v) is 2.49. The van der Waals surface area contributed by atoms with Crippen molar-refractivity contribution in [3.05, 3.63) is 47.9 Å². The monoisotopic (exact) mass is 246 g/mol. The number of hydrogen-bond acceptors (Lipinski definition) is 3. The number of nitrogens with two attached hydrogens (primary N) is 1. The van der Waals surface area contributed by atoms with Crippen molar-refractivity contribution in [2.45, 2.75) is 6.42 Å². The molecule has 1 aromatic carbocycles. The van der Waals surface area contributed by atoms with Crippen LogP contribution in [0.4, 0.5) is 10.2 Å². The van der Waals surface area contributed by atoms with Crippen LogP contribution < -0.4 is 5.73 Å². The summed E-state index contributed by atoms with van der Waals surface area (Å²) in [7, 11) is 0. The SMILES string of the molecule is Nc1ncc(CC(=O)O)cc1-c1ccccc1F. The van der Waals surface area contributed by atoms with Gasteiger partial charge in [-0.25, -0.2) is 9.37 Å². The number of carboxylic acids is 1. The van der Waals surface area contributed by atoms with Crippen LogP contribution in [0.5, 0.6) is 0 Å². The molecule has 4 nitrogen and oxygen atoms in total. The Labute approximate surface area is 103 Å². The molecule has 0 radical (unpaired) electrons. The van der Waals surface area contributed by atoms with Gasteiger partial charge < -0.3 is 10.8 Å². The number of carbonyl (C=O) groups is 1. The number of aromatic nitrogens is 1. The highest BCUT2D eigenvalue weighted by Crippen LogP contribution is 2.27. The number of rotatable bonds is 3. The molecular formula is C13H11FN2O2. The lowest BCUT2D eigenvalue weighted by molar-refractivity contribution is -0.136. The molecule has 3 N–H and O–H groups in total. The van der Waals surface area contributed by atoms with E-state index in [0.717, 1.165) is 0 Å². The molecule has 0 fully saturated rings. The fourth-order valence-corrected chi connectivity index (χ4v) is 1.69. The van der Waals surface area contributed by atoms with Crippen molar-refractivity contribution in [2.75, 3.05) is 5.73 Å². The van der Waals surface area contributed by atoms with Gasteiger partial charge in [0.05, 0.1) is 6.42 Å². The average Bonchev–Trinajstić information content (AvgIpc) is 2.32. The van der Waals surface area contributed by atoms with Gasteiger partial charge in [-0.2, -0.15) is 0 Å². The van der Waals surface area contributed by atoms with Gasteiger partial charge in [-0.05, 0) is 17.7 Å². The fraction of sp³-hybridized carbons (Fsp3) is 0.0769. The second-order valence-electron chi connectivity index (χ2n) is 3.83. The maximum absolute atomic E-state index is 13.6. The van der Waals surface area contributed by atoms with Crippen LogP contribution in [-0.4, -0.2) is 16.1 Å². The highest BCUT2D eigenvalue weighted by molar-refractivity contribution is 5.76. The Kier molecular flexibility index (Phi) is 3.23. The lowest BCUT2D eigenvalue weighted by atomic mass is 10.0. The Balaban J connectivity index is 2.50. The normalized spacial score (nSPS) is 10.3. The lowest BCUT2D eigenvalue weighted by Crippen LogP contribution is -2.03. The van der Waals surface area contributed by atoms with Gasteiger partial charge in [0.25, 0.3) is 0 Å². The van der Waals surface area contributed by atoms with E-state index in [1.165, 1.54) is 12.3 Å². The van der Waals surface area contributed by atoms with Crippen molar-refractivity contribution in [2.24, 2.45) is 0 Å². The molecule has 0 aliphatic rings. The number of nitrogens with zero attached hydrogens (tertiary/aromatic N) is 1. The first-order valence-corrected chi connectivity index (χ1v) is 5.29. The Morgan fingerprint density at radius 2 is 2.06 bits per heavy atom. The smallest absolute Gasteiger partial charge is 0.307 e. The van der Waals surface area contributed by atoms with E-state index in [9.17, 15) is 9.18 Å². The summed E-state index contributed by atoms with van der Waals surface area (Å²) in [5, 5.41) is 8.72. The minimum absolute atomic E-state index is 0.172. The number of halogens is 1. The van der Waals surface area contributed by atoms with Gasteiger partial charge in [-0.1, -0.05) is 18.2 Å². The Morgan fingerprint density at radius 1 is 1.33 bits per heavy atom. The van der Waals surface area contributed by atoms with Gasteiger partial charge in [-0.3, -0.25) is 4.79 Å². The van der Waals surface area contributed by atoms with Gasteiger partial charge in [0, 0.05) is 17.3 Å². The third kappa shape index (κ3) is 2.45. The summed E-state index contributed by atoms with van der Waals surface area (Å²) in [6.45, 7) is 0. The molecule has 0 bridgehead atoms. The molecule has 0 saturated carbocycles. The van der Waals surface area contributed by atoms with Crippen LogP contribution >= 0.6 is 0 Å². The predicted octanol–water partition coefficient (Wildman–Crippen LogP) is 2.10. The van der Waals surface area contributed by atoms with E-state index in [1.54, 1.807) is 24.3 Å². The van der Waals surface area contributed by atoms with Crippen LogP contribution in [0.15, 0.2) is 36.5 Å². The number of carboxylic acid groups (broad SMARTS) is 1. The van der Waals surface area contributed by atoms with Crippen LogP contribution in [-0.2, 0) is 11.2 Å². The largest absolute Gasteiger partial charge is 0.481 e. The molecule has 1 aromatic heterocycles. The van der Waals surface area contributed by atoms with Crippen molar-refractivity contribution in [1.29, 1.82) is 0 Å². The van der Waals surface area contributed by atoms with Gasteiger partial charge in [0.2, 0.25) is 0 Å². The molecule has 0 amide bonds. The van der Waals surface area contributed by atoms with Gasteiger partial charge >= 0.3 is 5.97 Å². The first-order chi connectivity index (χ1) is 8.58. The summed E-state index contributed by atoms with van der Waals surface area (Å²) in [5.41, 5.74) is 6.90. The number of pyridine rings is 1. The number of benzene rings is 1. The molecule has 92 valence electrons. The second-order valence-corrected chi connectivity index (χ2v) is 3.83. The lowest BCUT2D eigenvalue weighted by Gasteiger charge is -2.08. The summed E-state index contributed by atoms with van der Waals surface area (Å²) in [4.78, 5) is 14.5. The highest BCUT2D eigenvalue weighted by Gasteiger charge is 2.11. The van der Waals surface area contributed by atoms with Crippen molar-refractivity contribution >= 4 is 11.8 Å². The number of anilines is 1. The zero-order valence-corrected chi connectivity index (χ0v) is 9.43.